The molecule has 2 rings (SSSR count). The molecule has 72 valence electrons. The van der Waals surface area contributed by atoms with Gasteiger partial charge in [0, 0.05) is 31.5 Å². The van der Waals surface area contributed by atoms with Gasteiger partial charge in [0.05, 0.1) is 0 Å². The molecule has 0 bridgehead atoms. The molecule has 2 heterocycles. The molecule has 0 aromatic carbocycles. The van der Waals surface area contributed by atoms with Gasteiger partial charge in [-0.3, -0.25) is 0 Å². The molecule has 1 aliphatic rings. The molecule has 1 aromatic heterocycles. The van der Waals surface area contributed by atoms with E-state index in [1.54, 1.807) is 0 Å². The van der Waals surface area contributed by atoms with Gasteiger partial charge in [-0.1, -0.05) is 0 Å². The van der Waals surface area contributed by atoms with E-state index < -0.39 is 0 Å². The van der Waals surface area contributed by atoms with Crippen LogP contribution >= 0.6 is 15.9 Å². The lowest BCUT2D eigenvalue weighted by atomic mass is 9.95. The van der Waals surface area contributed by atoms with Crippen LogP contribution in [0.4, 0.5) is 0 Å². The van der Waals surface area contributed by atoms with Gasteiger partial charge in [0.1, 0.15) is 5.76 Å². The number of halogens is 1. The Labute approximate surface area is 85.3 Å². The highest BCUT2D eigenvalue weighted by atomic mass is 79.9. The van der Waals surface area contributed by atoms with Crippen LogP contribution in [0.3, 0.4) is 0 Å². The van der Waals surface area contributed by atoms with Crippen LogP contribution in [0.15, 0.2) is 21.2 Å². The molecule has 0 unspecified atom stereocenters. The first kappa shape index (κ1) is 9.24. The van der Waals surface area contributed by atoms with Crippen molar-refractivity contribution in [2.45, 2.75) is 5.92 Å². The topological polar surface area (TPSA) is 45.4 Å². The van der Waals surface area contributed by atoms with Crippen molar-refractivity contribution in [3.63, 3.8) is 0 Å². The molecule has 0 amide bonds. The van der Waals surface area contributed by atoms with E-state index >= 15 is 0 Å². The van der Waals surface area contributed by atoms with Crippen molar-refractivity contribution in [3.05, 3.63) is 22.6 Å². The van der Waals surface area contributed by atoms with E-state index in [0.717, 1.165) is 23.5 Å². The van der Waals surface area contributed by atoms with Crippen LogP contribution in [0.25, 0.3) is 0 Å². The molecule has 1 aromatic rings. The van der Waals surface area contributed by atoms with E-state index in [1.807, 2.05) is 12.1 Å². The van der Waals surface area contributed by atoms with Crippen LogP contribution in [0, 0.1) is 5.92 Å². The standard InChI is InChI=1S/C9H12BrNO2/c10-9-2-1-8(13-9)7-4-11-3-6(7)5-12/h1-2,6-7,11-12H,3-5H2/t6-,7+/m0/s1. The highest BCUT2D eigenvalue weighted by molar-refractivity contribution is 9.10. The molecule has 2 N–H and O–H groups in total. The number of hydrogen-bond donors (Lipinski definition) is 2. The second-order valence-corrected chi connectivity index (χ2v) is 4.13. The largest absolute Gasteiger partial charge is 0.454 e. The van der Waals surface area contributed by atoms with E-state index in [4.69, 9.17) is 9.52 Å². The molecule has 13 heavy (non-hydrogen) atoms. The van der Waals surface area contributed by atoms with E-state index in [1.165, 1.54) is 0 Å². The maximum Gasteiger partial charge on any atom is 0.169 e. The van der Waals surface area contributed by atoms with Gasteiger partial charge in [0.15, 0.2) is 4.67 Å². The lowest BCUT2D eigenvalue weighted by Crippen LogP contribution is -2.14. The Kier molecular flexibility index (Phi) is 2.71. The van der Waals surface area contributed by atoms with Gasteiger partial charge in [-0.25, -0.2) is 0 Å². The normalized spacial score (nSPS) is 28.2. The Morgan fingerprint density at radius 2 is 2.38 bits per heavy atom. The van der Waals surface area contributed by atoms with Gasteiger partial charge < -0.3 is 14.8 Å². The number of aliphatic hydroxyl groups is 1. The van der Waals surface area contributed by atoms with Crippen LogP contribution in [-0.2, 0) is 0 Å². The molecule has 0 radical (unpaired) electrons. The maximum absolute atomic E-state index is 9.11. The molecule has 0 spiro atoms. The van der Waals surface area contributed by atoms with Crippen LogP contribution in [-0.4, -0.2) is 24.8 Å². The minimum atomic E-state index is 0.218. The van der Waals surface area contributed by atoms with Crippen molar-refractivity contribution in [2.75, 3.05) is 19.7 Å². The lowest BCUT2D eigenvalue weighted by Gasteiger charge is -2.12. The van der Waals surface area contributed by atoms with Crippen molar-refractivity contribution in [3.8, 4) is 0 Å². The van der Waals surface area contributed by atoms with E-state index in [9.17, 15) is 0 Å². The molecule has 3 nitrogen and oxygen atoms in total. The summed E-state index contributed by atoms with van der Waals surface area (Å²) in [5.41, 5.74) is 0. The van der Waals surface area contributed by atoms with E-state index in [-0.39, 0.29) is 12.5 Å². The van der Waals surface area contributed by atoms with Crippen molar-refractivity contribution < 1.29 is 9.52 Å². The quantitative estimate of drug-likeness (QED) is 0.827. The lowest BCUT2D eigenvalue weighted by molar-refractivity contribution is 0.218. The van der Waals surface area contributed by atoms with Crippen molar-refractivity contribution in [1.82, 2.24) is 5.32 Å². The minimum absolute atomic E-state index is 0.218. The van der Waals surface area contributed by atoms with Gasteiger partial charge in [-0.05, 0) is 28.1 Å². The zero-order valence-corrected chi connectivity index (χ0v) is 8.75. The van der Waals surface area contributed by atoms with Crippen molar-refractivity contribution in [2.24, 2.45) is 5.92 Å². The van der Waals surface area contributed by atoms with E-state index in [0.29, 0.717) is 5.92 Å². The fraction of sp³-hybridized carbons (Fsp3) is 0.556. The average Bonchev–Trinajstić information content (AvgIpc) is 2.71. The molecular formula is C9H12BrNO2. The summed E-state index contributed by atoms with van der Waals surface area (Å²) in [6.45, 7) is 1.99. The molecule has 0 saturated carbocycles. The minimum Gasteiger partial charge on any atom is -0.454 e. The third-order valence-electron chi connectivity index (χ3n) is 2.53. The van der Waals surface area contributed by atoms with E-state index in [2.05, 4.69) is 21.2 Å². The Hall–Kier alpha value is -0.320. The molecular weight excluding hydrogens is 234 g/mol. The first-order valence-corrected chi connectivity index (χ1v) is 5.17. The predicted molar refractivity (Wildman–Crippen MR) is 52.6 cm³/mol. The summed E-state index contributed by atoms with van der Waals surface area (Å²) >= 11 is 3.27. The highest BCUT2D eigenvalue weighted by Crippen LogP contribution is 2.30. The van der Waals surface area contributed by atoms with Crippen LogP contribution in [0.1, 0.15) is 11.7 Å². The summed E-state index contributed by atoms with van der Waals surface area (Å²) in [4.78, 5) is 0. The molecule has 1 fully saturated rings. The Morgan fingerprint density at radius 3 is 3.00 bits per heavy atom. The first-order chi connectivity index (χ1) is 6.31. The smallest absolute Gasteiger partial charge is 0.169 e. The molecule has 4 heteroatoms. The van der Waals surface area contributed by atoms with Gasteiger partial charge in [0.2, 0.25) is 0 Å². The number of furan rings is 1. The molecule has 1 saturated heterocycles. The molecule has 1 aliphatic heterocycles. The summed E-state index contributed by atoms with van der Waals surface area (Å²) in [6, 6.07) is 3.85. The summed E-state index contributed by atoms with van der Waals surface area (Å²) in [5.74, 6) is 1.56. The summed E-state index contributed by atoms with van der Waals surface area (Å²) in [6.07, 6.45) is 0. The third kappa shape index (κ3) is 1.80. The number of rotatable bonds is 2. The average molecular weight is 246 g/mol. The van der Waals surface area contributed by atoms with Crippen LogP contribution in [0.5, 0.6) is 0 Å². The SMILES string of the molecule is OC[C@@H]1CNC[C@H]1c1ccc(Br)o1. The van der Waals surface area contributed by atoms with Crippen molar-refractivity contribution >= 4 is 15.9 Å². The molecule has 2 atom stereocenters. The zero-order valence-electron chi connectivity index (χ0n) is 7.16. The second kappa shape index (κ2) is 3.82. The monoisotopic (exact) mass is 245 g/mol. The summed E-state index contributed by atoms with van der Waals surface area (Å²) in [5, 5.41) is 12.4. The summed E-state index contributed by atoms with van der Waals surface area (Å²) in [7, 11) is 0. The summed E-state index contributed by atoms with van der Waals surface area (Å²) < 4.78 is 6.22. The zero-order chi connectivity index (χ0) is 9.26. The molecule has 0 aliphatic carbocycles. The fourth-order valence-electron chi connectivity index (χ4n) is 1.79. The first-order valence-electron chi connectivity index (χ1n) is 4.38. The van der Waals surface area contributed by atoms with Gasteiger partial charge in [-0.2, -0.15) is 0 Å². The maximum atomic E-state index is 9.11. The van der Waals surface area contributed by atoms with Gasteiger partial charge in [-0.15, -0.1) is 0 Å². The van der Waals surface area contributed by atoms with Gasteiger partial charge in [0.25, 0.3) is 0 Å². The van der Waals surface area contributed by atoms with Crippen LogP contribution < -0.4 is 5.32 Å². The van der Waals surface area contributed by atoms with Crippen LogP contribution in [0.2, 0.25) is 0 Å². The second-order valence-electron chi connectivity index (χ2n) is 3.35. The Morgan fingerprint density at radius 1 is 1.54 bits per heavy atom. The Bertz CT molecular complexity index is 287. The number of nitrogens with one attached hydrogen (secondary N) is 1. The number of hydrogen-bond acceptors (Lipinski definition) is 3. The predicted octanol–water partition coefficient (Wildman–Crippen LogP) is 1.34. The highest BCUT2D eigenvalue weighted by Gasteiger charge is 2.29. The van der Waals surface area contributed by atoms with Gasteiger partial charge >= 0.3 is 0 Å². The number of aliphatic hydroxyl groups excluding tert-OH is 1. The fourth-order valence-corrected chi connectivity index (χ4v) is 2.10. The third-order valence-corrected chi connectivity index (χ3v) is 2.96. The Balaban J connectivity index is 2.15. The van der Waals surface area contributed by atoms with Crippen molar-refractivity contribution in [1.29, 1.82) is 0 Å².